The summed E-state index contributed by atoms with van der Waals surface area (Å²) in [7, 11) is 0. The molecule has 1 aromatic rings. The van der Waals surface area contributed by atoms with Crippen molar-refractivity contribution in [3.05, 3.63) is 35.9 Å². The van der Waals surface area contributed by atoms with Crippen LogP contribution in [0.2, 0.25) is 0 Å². The van der Waals surface area contributed by atoms with E-state index in [0.29, 0.717) is 24.6 Å². The summed E-state index contributed by atoms with van der Waals surface area (Å²) in [4.78, 5) is 26.5. The van der Waals surface area contributed by atoms with Crippen molar-refractivity contribution in [1.82, 2.24) is 15.5 Å². The number of rotatable bonds is 5. The average Bonchev–Trinajstić information content (AvgIpc) is 2.54. The van der Waals surface area contributed by atoms with Gasteiger partial charge in [0, 0.05) is 24.2 Å². The molecule has 1 saturated heterocycles. The lowest BCUT2D eigenvalue weighted by Crippen LogP contribution is -2.50. The summed E-state index contributed by atoms with van der Waals surface area (Å²) in [6.45, 7) is 7.86. The molecule has 1 aliphatic heterocycles. The topological polar surface area (TPSA) is 61.4 Å². The highest BCUT2D eigenvalue weighted by molar-refractivity contribution is 9.09. The van der Waals surface area contributed by atoms with Crippen molar-refractivity contribution in [3.8, 4) is 0 Å². The van der Waals surface area contributed by atoms with Crippen molar-refractivity contribution in [1.29, 1.82) is 0 Å². The Morgan fingerprint density at radius 3 is 2.52 bits per heavy atom. The summed E-state index contributed by atoms with van der Waals surface area (Å²) in [5.41, 5.74) is 0.480. The van der Waals surface area contributed by atoms with Gasteiger partial charge in [0.05, 0.1) is 11.5 Å². The largest absolute Gasteiger partial charge is 0.352 e. The fourth-order valence-corrected chi connectivity index (χ4v) is 3.84. The molecule has 1 fully saturated rings. The van der Waals surface area contributed by atoms with Crippen LogP contribution in [0.3, 0.4) is 0 Å². The third kappa shape index (κ3) is 6.78. The molecule has 1 aromatic carbocycles. The van der Waals surface area contributed by atoms with Crippen LogP contribution in [0.1, 0.15) is 44.0 Å². The zero-order chi connectivity index (χ0) is 18.4. The van der Waals surface area contributed by atoms with Crippen LogP contribution in [0, 0.1) is 5.92 Å². The van der Waals surface area contributed by atoms with E-state index in [1.165, 1.54) is 0 Å². The minimum Gasteiger partial charge on any atom is -0.352 e. The summed E-state index contributed by atoms with van der Waals surface area (Å²) in [5, 5.41) is 6.02. The minimum atomic E-state index is -0.209. The molecule has 0 aliphatic carbocycles. The zero-order valence-electron chi connectivity index (χ0n) is 15.2. The Morgan fingerprint density at radius 1 is 1.24 bits per heavy atom. The summed E-state index contributed by atoms with van der Waals surface area (Å²) in [6.07, 6.45) is 1.89. The van der Waals surface area contributed by atoms with Crippen LogP contribution in [0.25, 0.3) is 0 Å². The molecule has 0 bridgehead atoms. The Kier molecular flexibility index (Phi) is 7.02. The lowest BCUT2D eigenvalue weighted by atomic mass is 9.96. The Balaban J connectivity index is 1.75. The molecule has 2 N–H and O–H groups in total. The van der Waals surface area contributed by atoms with Gasteiger partial charge < -0.3 is 10.6 Å². The number of amides is 2. The third-order valence-corrected chi connectivity index (χ3v) is 5.15. The van der Waals surface area contributed by atoms with Gasteiger partial charge in [-0.25, -0.2) is 0 Å². The van der Waals surface area contributed by atoms with E-state index < -0.39 is 0 Å². The number of nitrogens with one attached hydrogen (secondary N) is 2. The molecule has 0 spiro atoms. The Hall–Kier alpha value is -1.40. The number of alkyl halides is 1. The van der Waals surface area contributed by atoms with Gasteiger partial charge in [-0.3, -0.25) is 14.5 Å². The van der Waals surface area contributed by atoms with Crippen LogP contribution < -0.4 is 10.6 Å². The smallest absolute Gasteiger partial charge is 0.251 e. The van der Waals surface area contributed by atoms with E-state index in [1.54, 1.807) is 0 Å². The number of piperidine rings is 1. The van der Waals surface area contributed by atoms with Gasteiger partial charge in [0.15, 0.2) is 0 Å². The van der Waals surface area contributed by atoms with Crippen LogP contribution in [-0.4, -0.2) is 46.8 Å². The van der Waals surface area contributed by atoms with E-state index in [2.05, 4.69) is 31.5 Å². The quantitative estimate of drug-likeness (QED) is 0.580. The maximum Gasteiger partial charge on any atom is 0.251 e. The third-order valence-electron chi connectivity index (χ3n) is 4.20. The molecule has 6 heteroatoms. The monoisotopic (exact) mass is 409 g/mol. The number of likely N-dealkylation sites (tertiary alicyclic amines) is 1. The van der Waals surface area contributed by atoms with Gasteiger partial charge in [0.25, 0.3) is 5.91 Å². The van der Waals surface area contributed by atoms with Gasteiger partial charge in [-0.15, -0.1) is 0 Å². The highest BCUT2D eigenvalue weighted by Gasteiger charge is 2.28. The highest BCUT2D eigenvalue weighted by atomic mass is 79.9. The molecule has 0 aromatic heterocycles. The predicted octanol–water partition coefficient (Wildman–Crippen LogP) is 2.76. The van der Waals surface area contributed by atoms with Crippen molar-refractivity contribution >= 4 is 27.7 Å². The standard InChI is InChI=1S/C19H28BrN3O2/c1-19(2,3)22-17(24)13-23-10-9-14(11-16(23)20)12-21-18(25)15-7-5-4-6-8-15/h4-8,14,16H,9-13H2,1-3H3,(H,21,25)(H,22,24). The first-order valence-electron chi connectivity index (χ1n) is 8.77. The van der Waals surface area contributed by atoms with Crippen molar-refractivity contribution in [2.24, 2.45) is 5.92 Å². The van der Waals surface area contributed by atoms with Crippen LogP contribution in [0.5, 0.6) is 0 Å². The summed E-state index contributed by atoms with van der Waals surface area (Å²) in [6, 6.07) is 9.27. The van der Waals surface area contributed by atoms with Crippen molar-refractivity contribution in [2.45, 2.75) is 44.1 Å². The molecule has 0 radical (unpaired) electrons. The van der Waals surface area contributed by atoms with E-state index >= 15 is 0 Å². The molecule has 2 amide bonds. The Morgan fingerprint density at radius 2 is 1.92 bits per heavy atom. The second kappa shape index (κ2) is 8.81. The lowest BCUT2D eigenvalue weighted by molar-refractivity contribution is -0.124. The molecule has 1 heterocycles. The number of halogens is 1. The van der Waals surface area contributed by atoms with Gasteiger partial charge in [-0.05, 0) is 51.7 Å². The van der Waals surface area contributed by atoms with Crippen LogP contribution in [0.15, 0.2) is 30.3 Å². The van der Waals surface area contributed by atoms with E-state index in [9.17, 15) is 9.59 Å². The molecule has 138 valence electrons. The van der Waals surface area contributed by atoms with E-state index in [1.807, 2.05) is 51.1 Å². The normalized spacial score (nSPS) is 21.6. The molecule has 2 unspecified atom stereocenters. The number of carbonyl (C=O) groups is 2. The molecular formula is C19H28BrN3O2. The zero-order valence-corrected chi connectivity index (χ0v) is 16.8. The molecule has 5 nitrogen and oxygen atoms in total. The number of nitrogens with zero attached hydrogens (tertiary/aromatic N) is 1. The summed E-state index contributed by atoms with van der Waals surface area (Å²) >= 11 is 3.69. The summed E-state index contributed by atoms with van der Waals surface area (Å²) in [5.74, 6) is 0.436. The first-order valence-corrected chi connectivity index (χ1v) is 9.68. The Labute approximate surface area is 158 Å². The number of carbonyl (C=O) groups excluding carboxylic acids is 2. The van der Waals surface area contributed by atoms with Crippen molar-refractivity contribution in [3.63, 3.8) is 0 Å². The number of benzene rings is 1. The highest BCUT2D eigenvalue weighted by Crippen LogP contribution is 2.26. The fourth-order valence-electron chi connectivity index (χ4n) is 2.96. The van der Waals surface area contributed by atoms with E-state index in [-0.39, 0.29) is 22.3 Å². The molecule has 2 atom stereocenters. The van der Waals surface area contributed by atoms with Crippen LogP contribution in [-0.2, 0) is 4.79 Å². The van der Waals surface area contributed by atoms with Gasteiger partial charge in [-0.2, -0.15) is 0 Å². The summed E-state index contributed by atoms with van der Waals surface area (Å²) < 4.78 is 0. The SMILES string of the molecule is CC(C)(C)NC(=O)CN1CCC(CNC(=O)c2ccccc2)CC1Br. The van der Waals surface area contributed by atoms with Gasteiger partial charge >= 0.3 is 0 Å². The number of hydrogen-bond donors (Lipinski definition) is 2. The molecular weight excluding hydrogens is 382 g/mol. The van der Waals surface area contributed by atoms with Gasteiger partial charge in [0.1, 0.15) is 0 Å². The molecule has 25 heavy (non-hydrogen) atoms. The maximum atomic E-state index is 12.1. The van der Waals surface area contributed by atoms with Gasteiger partial charge in [-0.1, -0.05) is 34.1 Å². The Bertz CT molecular complexity index is 586. The molecule has 0 saturated carbocycles. The second-order valence-electron chi connectivity index (χ2n) is 7.67. The first-order chi connectivity index (χ1) is 11.7. The first kappa shape index (κ1) is 19.9. The van der Waals surface area contributed by atoms with Crippen molar-refractivity contribution in [2.75, 3.05) is 19.6 Å². The number of hydrogen-bond acceptors (Lipinski definition) is 3. The average molecular weight is 410 g/mol. The van der Waals surface area contributed by atoms with E-state index in [0.717, 1.165) is 19.4 Å². The second-order valence-corrected chi connectivity index (χ2v) is 8.73. The predicted molar refractivity (Wildman–Crippen MR) is 104 cm³/mol. The van der Waals surface area contributed by atoms with E-state index in [4.69, 9.17) is 0 Å². The molecule has 1 aliphatic rings. The minimum absolute atomic E-state index is 0.0290. The van der Waals surface area contributed by atoms with Crippen molar-refractivity contribution < 1.29 is 9.59 Å². The molecule has 2 rings (SSSR count). The lowest BCUT2D eigenvalue weighted by Gasteiger charge is -2.36. The van der Waals surface area contributed by atoms with Gasteiger partial charge in [0.2, 0.25) is 5.91 Å². The fraction of sp³-hybridized carbons (Fsp3) is 0.579. The van der Waals surface area contributed by atoms with Crippen LogP contribution in [0.4, 0.5) is 0 Å². The van der Waals surface area contributed by atoms with Crippen LogP contribution >= 0.6 is 15.9 Å². The maximum absolute atomic E-state index is 12.1.